The Bertz CT molecular complexity index is 1130. The summed E-state index contributed by atoms with van der Waals surface area (Å²) in [5.74, 6) is -0.458. The van der Waals surface area contributed by atoms with Gasteiger partial charge in [-0.3, -0.25) is 9.52 Å². The molecule has 0 saturated carbocycles. The number of nitrogens with zero attached hydrogens (tertiary/aromatic N) is 3. The Morgan fingerprint density at radius 3 is 2.82 bits per heavy atom. The van der Waals surface area contributed by atoms with Crippen LogP contribution >= 0.6 is 22.9 Å². The molecule has 0 saturated heterocycles. The van der Waals surface area contributed by atoms with Gasteiger partial charge in [0.25, 0.3) is 0 Å². The predicted molar refractivity (Wildman–Crippen MR) is 109 cm³/mol. The lowest BCUT2D eigenvalue weighted by atomic mass is 10.2. The molecular formula is C16H16ClN5O4S2. The van der Waals surface area contributed by atoms with Crippen molar-refractivity contribution in [2.24, 2.45) is 0 Å². The summed E-state index contributed by atoms with van der Waals surface area (Å²) in [5, 5.41) is 11.9. The second kappa shape index (κ2) is 8.35. The van der Waals surface area contributed by atoms with Gasteiger partial charge in [0.15, 0.2) is 10.3 Å². The average molecular weight is 442 g/mol. The lowest BCUT2D eigenvalue weighted by Crippen LogP contribution is -2.18. The minimum Gasteiger partial charge on any atom is -0.396 e. The Morgan fingerprint density at radius 1 is 1.32 bits per heavy atom. The van der Waals surface area contributed by atoms with Crippen molar-refractivity contribution in [1.82, 2.24) is 15.0 Å². The number of anilines is 2. The maximum Gasteiger partial charge on any atom is 0.232 e. The number of carbonyl (C=O) groups excluding carboxylic acids is 1. The summed E-state index contributed by atoms with van der Waals surface area (Å²) in [7, 11) is -3.66. The first-order chi connectivity index (χ1) is 13.3. The molecular weight excluding hydrogens is 426 g/mol. The summed E-state index contributed by atoms with van der Waals surface area (Å²) in [6.07, 6.45) is 1.60. The molecule has 0 radical (unpaired) electrons. The number of hydrogen-bond acceptors (Lipinski definition) is 8. The number of nitrogens with one attached hydrogen (secondary N) is 2. The second-order valence-corrected chi connectivity index (χ2v) is 8.96. The number of hydrogen-bond donors (Lipinski definition) is 3. The standard InChI is InChI=1S/C16H16ClN5O4S2/c1-9(24)19-16-21-12-4-3-11(20-15(12)27-16)10-7-13(14(17)18-8-10)22-28(25,26)6-2-5-23/h3-4,7-8,22-23H,2,5-6H2,1H3,(H,19,21,24). The Hall–Kier alpha value is -2.34. The van der Waals surface area contributed by atoms with E-state index in [-0.39, 0.29) is 35.5 Å². The minimum absolute atomic E-state index is 0.00290. The van der Waals surface area contributed by atoms with Crippen molar-refractivity contribution in [2.75, 3.05) is 22.4 Å². The first-order valence-electron chi connectivity index (χ1n) is 8.10. The van der Waals surface area contributed by atoms with E-state index < -0.39 is 10.0 Å². The number of rotatable bonds is 7. The lowest BCUT2D eigenvalue weighted by Gasteiger charge is -2.10. The van der Waals surface area contributed by atoms with Gasteiger partial charge in [-0.1, -0.05) is 22.9 Å². The summed E-state index contributed by atoms with van der Waals surface area (Å²) < 4.78 is 26.5. The molecule has 0 fully saturated rings. The maximum absolute atomic E-state index is 12.1. The van der Waals surface area contributed by atoms with Gasteiger partial charge in [0.05, 0.1) is 17.1 Å². The number of aliphatic hydroxyl groups excluding tert-OH is 1. The fourth-order valence-electron chi connectivity index (χ4n) is 2.31. The summed E-state index contributed by atoms with van der Waals surface area (Å²) in [6.45, 7) is 1.17. The van der Waals surface area contributed by atoms with Crippen molar-refractivity contribution in [2.45, 2.75) is 13.3 Å². The quantitative estimate of drug-likeness (QED) is 0.479. The predicted octanol–water partition coefficient (Wildman–Crippen LogP) is 2.49. The molecule has 3 aromatic heterocycles. The molecule has 0 aliphatic carbocycles. The van der Waals surface area contributed by atoms with Gasteiger partial charge in [0.1, 0.15) is 10.3 Å². The van der Waals surface area contributed by atoms with Crippen molar-refractivity contribution in [3.63, 3.8) is 0 Å². The maximum atomic E-state index is 12.1. The SMILES string of the molecule is CC(=O)Nc1nc2ccc(-c3cnc(Cl)c(NS(=O)(=O)CCCO)c3)nc2s1. The van der Waals surface area contributed by atoms with E-state index >= 15 is 0 Å². The number of pyridine rings is 2. The van der Waals surface area contributed by atoms with Crippen LogP contribution in [-0.2, 0) is 14.8 Å². The highest BCUT2D eigenvalue weighted by atomic mass is 35.5. The molecule has 0 bridgehead atoms. The van der Waals surface area contributed by atoms with Crippen LogP contribution in [0.3, 0.4) is 0 Å². The van der Waals surface area contributed by atoms with Crippen LogP contribution < -0.4 is 10.0 Å². The average Bonchev–Trinajstić information content (AvgIpc) is 3.02. The molecule has 0 unspecified atom stereocenters. The van der Waals surface area contributed by atoms with Crippen LogP contribution in [0.2, 0.25) is 5.15 Å². The van der Waals surface area contributed by atoms with Crippen molar-refractivity contribution in [1.29, 1.82) is 0 Å². The number of halogens is 1. The monoisotopic (exact) mass is 441 g/mol. The van der Waals surface area contributed by atoms with Gasteiger partial charge < -0.3 is 10.4 Å². The van der Waals surface area contributed by atoms with Crippen LogP contribution in [0.5, 0.6) is 0 Å². The smallest absolute Gasteiger partial charge is 0.232 e. The molecule has 28 heavy (non-hydrogen) atoms. The van der Waals surface area contributed by atoms with Crippen LogP contribution in [0.25, 0.3) is 21.6 Å². The van der Waals surface area contributed by atoms with Gasteiger partial charge in [-0.25, -0.2) is 23.4 Å². The zero-order valence-electron chi connectivity index (χ0n) is 14.6. The highest BCUT2D eigenvalue weighted by Gasteiger charge is 2.15. The minimum atomic E-state index is -3.66. The van der Waals surface area contributed by atoms with E-state index in [0.29, 0.717) is 26.7 Å². The number of sulfonamides is 1. The summed E-state index contributed by atoms with van der Waals surface area (Å²) in [6, 6.07) is 5.00. The summed E-state index contributed by atoms with van der Waals surface area (Å²) >= 11 is 7.24. The van der Waals surface area contributed by atoms with Gasteiger partial charge in [-0.05, 0) is 24.6 Å². The molecule has 3 heterocycles. The van der Waals surface area contributed by atoms with E-state index in [1.807, 2.05) is 0 Å². The van der Waals surface area contributed by atoms with Gasteiger partial charge in [-0.15, -0.1) is 0 Å². The third kappa shape index (κ3) is 4.93. The number of aromatic nitrogens is 3. The Morgan fingerprint density at radius 2 is 2.11 bits per heavy atom. The molecule has 3 rings (SSSR count). The zero-order valence-corrected chi connectivity index (χ0v) is 17.0. The first-order valence-corrected chi connectivity index (χ1v) is 10.9. The van der Waals surface area contributed by atoms with Gasteiger partial charge in [-0.2, -0.15) is 0 Å². The largest absolute Gasteiger partial charge is 0.396 e. The summed E-state index contributed by atoms with van der Waals surface area (Å²) in [5.41, 5.74) is 1.86. The van der Waals surface area contributed by atoms with Crippen LogP contribution in [-0.4, -0.2) is 46.7 Å². The topological polar surface area (TPSA) is 134 Å². The number of amides is 1. The van der Waals surface area contributed by atoms with Crippen molar-refractivity contribution >= 4 is 60.0 Å². The Kier molecular flexibility index (Phi) is 6.08. The van der Waals surface area contributed by atoms with Crippen LogP contribution in [0.1, 0.15) is 13.3 Å². The van der Waals surface area contributed by atoms with Gasteiger partial charge in [0, 0.05) is 25.3 Å². The third-order valence-corrected chi connectivity index (χ3v) is 6.05. The first kappa shape index (κ1) is 20.4. The van der Waals surface area contributed by atoms with E-state index in [0.717, 1.165) is 0 Å². The Balaban J connectivity index is 1.92. The fraction of sp³-hybridized carbons (Fsp3) is 0.250. The van der Waals surface area contributed by atoms with E-state index in [1.54, 1.807) is 12.1 Å². The molecule has 12 heteroatoms. The molecule has 3 N–H and O–H groups in total. The number of aliphatic hydroxyl groups is 1. The van der Waals surface area contributed by atoms with E-state index in [4.69, 9.17) is 16.7 Å². The Labute approximate surface area is 169 Å². The zero-order chi connectivity index (χ0) is 20.3. The molecule has 1 amide bonds. The number of carbonyl (C=O) groups is 1. The molecule has 9 nitrogen and oxygen atoms in total. The van der Waals surface area contributed by atoms with Gasteiger partial charge in [0.2, 0.25) is 15.9 Å². The highest BCUT2D eigenvalue weighted by Crippen LogP contribution is 2.30. The van der Waals surface area contributed by atoms with Crippen LogP contribution in [0, 0.1) is 0 Å². The fourth-order valence-corrected chi connectivity index (χ4v) is 4.51. The van der Waals surface area contributed by atoms with Crippen molar-refractivity contribution in [3.8, 4) is 11.3 Å². The van der Waals surface area contributed by atoms with Crippen molar-refractivity contribution < 1.29 is 18.3 Å². The molecule has 0 atom stereocenters. The van der Waals surface area contributed by atoms with Crippen molar-refractivity contribution in [3.05, 3.63) is 29.5 Å². The van der Waals surface area contributed by atoms with E-state index in [9.17, 15) is 13.2 Å². The molecule has 0 spiro atoms. The molecule has 0 aliphatic heterocycles. The second-order valence-electron chi connectivity index (χ2n) is 5.78. The summed E-state index contributed by atoms with van der Waals surface area (Å²) in [4.78, 5) is 24.6. The van der Waals surface area contributed by atoms with Gasteiger partial charge >= 0.3 is 0 Å². The molecule has 3 aromatic rings. The van der Waals surface area contributed by atoms with Crippen LogP contribution in [0.4, 0.5) is 10.8 Å². The third-order valence-electron chi connectivity index (χ3n) is 3.51. The van der Waals surface area contributed by atoms with E-state index in [1.165, 1.54) is 30.5 Å². The lowest BCUT2D eigenvalue weighted by molar-refractivity contribution is -0.114. The molecule has 148 valence electrons. The normalized spacial score (nSPS) is 11.5. The molecule has 0 aliphatic rings. The van der Waals surface area contributed by atoms with Crippen LogP contribution in [0.15, 0.2) is 24.4 Å². The number of thiazole rings is 1. The molecule has 0 aromatic carbocycles. The highest BCUT2D eigenvalue weighted by molar-refractivity contribution is 7.92. The number of fused-ring (bicyclic) bond motifs is 1. The van der Waals surface area contributed by atoms with E-state index in [2.05, 4.69) is 25.0 Å².